The second kappa shape index (κ2) is 4.84. The molecule has 7 heteroatoms. The van der Waals surface area contributed by atoms with Crippen LogP contribution < -0.4 is 11.1 Å². The van der Waals surface area contributed by atoms with Gasteiger partial charge in [0.05, 0.1) is 17.1 Å². The third-order valence-corrected chi connectivity index (χ3v) is 2.45. The number of anilines is 1. The maximum atomic E-state index is 11.8. The van der Waals surface area contributed by atoms with E-state index < -0.39 is 0 Å². The fourth-order valence-electron chi connectivity index (χ4n) is 1.29. The Bertz CT molecular complexity index is 525. The number of H-pyrrole nitrogens is 1. The van der Waals surface area contributed by atoms with Gasteiger partial charge in [-0.15, -0.1) is 0 Å². The molecule has 0 radical (unpaired) electrons. The first-order chi connectivity index (χ1) is 8.16. The number of hydrogen-bond donors (Lipinski definition) is 3. The van der Waals surface area contributed by atoms with Crippen molar-refractivity contribution in [3.63, 3.8) is 0 Å². The first-order valence-electron chi connectivity index (χ1n) is 4.84. The Labute approximate surface area is 102 Å². The van der Waals surface area contributed by atoms with E-state index in [4.69, 9.17) is 17.3 Å². The molecule has 17 heavy (non-hydrogen) atoms. The van der Waals surface area contributed by atoms with Crippen LogP contribution >= 0.6 is 11.6 Å². The summed E-state index contributed by atoms with van der Waals surface area (Å²) >= 11 is 5.90. The highest BCUT2D eigenvalue weighted by atomic mass is 35.5. The fraction of sp³-hybridized carbons (Fsp3) is 0.100. The van der Waals surface area contributed by atoms with Crippen molar-refractivity contribution in [2.75, 3.05) is 5.73 Å². The van der Waals surface area contributed by atoms with E-state index in [1.165, 1.54) is 12.4 Å². The van der Waals surface area contributed by atoms with Crippen LogP contribution in [0.15, 0.2) is 24.5 Å². The summed E-state index contributed by atoms with van der Waals surface area (Å²) in [4.78, 5) is 15.7. The molecule has 0 aliphatic heterocycles. The molecule has 88 valence electrons. The lowest BCUT2D eigenvalue weighted by Gasteiger charge is -2.05. The molecule has 0 atom stereocenters. The fourth-order valence-corrected chi connectivity index (χ4v) is 1.50. The SMILES string of the molecule is Nc1ccc(Cl)c(C(=O)NCc2ncn[nH]2)c1. The summed E-state index contributed by atoms with van der Waals surface area (Å²) in [5, 5.41) is 9.32. The molecular formula is C10H10ClN5O. The number of aromatic nitrogens is 3. The van der Waals surface area contributed by atoms with Gasteiger partial charge in [-0.1, -0.05) is 11.6 Å². The van der Waals surface area contributed by atoms with Crippen molar-refractivity contribution in [2.24, 2.45) is 0 Å². The van der Waals surface area contributed by atoms with Gasteiger partial charge < -0.3 is 11.1 Å². The summed E-state index contributed by atoms with van der Waals surface area (Å²) in [5.74, 6) is 0.261. The van der Waals surface area contributed by atoms with Gasteiger partial charge in [0.15, 0.2) is 0 Å². The topological polar surface area (TPSA) is 96.7 Å². The lowest BCUT2D eigenvalue weighted by molar-refractivity contribution is 0.0950. The first-order valence-corrected chi connectivity index (χ1v) is 5.22. The molecule has 6 nitrogen and oxygen atoms in total. The Kier molecular flexibility index (Phi) is 3.24. The van der Waals surface area contributed by atoms with Gasteiger partial charge in [-0.25, -0.2) is 4.98 Å². The summed E-state index contributed by atoms with van der Waals surface area (Å²) in [6.07, 6.45) is 1.37. The smallest absolute Gasteiger partial charge is 0.253 e. The van der Waals surface area contributed by atoms with Gasteiger partial charge in [0, 0.05) is 5.69 Å². The number of aromatic amines is 1. The molecule has 0 bridgehead atoms. The molecule has 1 aromatic carbocycles. The predicted octanol–water partition coefficient (Wildman–Crippen LogP) is 0.970. The summed E-state index contributed by atoms with van der Waals surface area (Å²) in [6, 6.07) is 4.74. The van der Waals surface area contributed by atoms with Crippen LogP contribution in [0.1, 0.15) is 16.2 Å². The van der Waals surface area contributed by atoms with Gasteiger partial charge in [0.25, 0.3) is 5.91 Å². The van der Waals surface area contributed by atoms with Crippen molar-refractivity contribution in [3.05, 3.63) is 40.9 Å². The van der Waals surface area contributed by atoms with Crippen LogP contribution in [0.5, 0.6) is 0 Å². The van der Waals surface area contributed by atoms with Gasteiger partial charge >= 0.3 is 0 Å². The second-order valence-electron chi connectivity index (χ2n) is 3.35. The van der Waals surface area contributed by atoms with Crippen LogP contribution in [0, 0.1) is 0 Å². The van der Waals surface area contributed by atoms with Gasteiger partial charge in [-0.05, 0) is 18.2 Å². The maximum absolute atomic E-state index is 11.8. The number of nitrogens with two attached hydrogens (primary N) is 1. The second-order valence-corrected chi connectivity index (χ2v) is 3.76. The molecule has 0 saturated heterocycles. The Morgan fingerprint density at radius 1 is 1.53 bits per heavy atom. The van der Waals surface area contributed by atoms with E-state index in [1.807, 2.05) is 0 Å². The summed E-state index contributed by atoms with van der Waals surface area (Å²) < 4.78 is 0. The highest BCUT2D eigenvalue weighted by molar-refractivity contribution is 6.34. The normalized spacial score (nSPS) is 10.2. The van der Waals surface area contributed by atoms with Crippen LogP contribution in [-0.4, -0.2) is 21.1 Å². The number of carbonyl (C=O) groups is 1. The zero-order valence-electron chi connectivity index (χ0n) is 8.77. The van der Waals surface area contributed by atoms with Crippen molar-refractivity contribution in [1.82, 2.24) is 20.5 Å². The Hall–Kier alpha value is -2.08. The molecule has 0 aliphatic rings. The molecule has 4 N–H and O–H groups in total. The Balaban J connectivity index is 2.07. The number of carbonyl (C=O) groups excluding carboxylic acids is 1. The minimum Gasteiger partial charge on any atom is -0.399 e. The molecular weight excluding hydrogens is 242 g/mol. The van der Waals surface area contributed by atoms with Crippen LogP contribution in [0.25, 0.3) is 0 Å². The number of hydrogen-bond acceptors (Lipinski definition) is 4. The summed E-state index contributed by atoms with van der Waals surface area (Å²) in [5.41, 5.74) is 6.41. The lowest BCUT2D eigenvalue weighted by Crippen LogP contribution is -2.23. The Morgan fingerprint density at radius 3 is 3.06 bits per heavy atom. The molecule has 2 aromatic rings. The lowest BCUT2D eigenvalue weighted by atomic mass is 10.2. The Morgan fingerprint density at radius 2 is 2.35 bits per heavy atom. The standard InChI is InChI=1S/C10H10ClN5O/c11-8-2-1-6(12)3-7(8)10(17)13-4-9-14-5-15-16-9/h1-3,5H,4,12H2,(H,13,17)(H,14,15,16). The minimum atomic E-state index is -0.307. The predicted molar refractivity (Wildman–Crippen MR) is 63.4 cm³/mol. The molecule has 1 amide bonds. The number of nitrogens with one attached hydrogen (secondary N) is 2. The quantitative estimate of drug-likeness (QED) is 0.708. The van der Waals surface area contributed by atoms with Gasteiger partial charge in [-0.3, -0.25) is 9.89 Å². The van der Waals surface area contributed by atoms with E-state index in [2.05, 4.69) is 20.5 Å². The molecule has 0 aliphatic carbocycles. The summed E-state index contributed by atoms with van der Waals surface area (Å²) in [7, 11) is 0. The van der Waals surface area contributed by atoms with Crippen molar-refractivity contribution in [1.29, 1.82) is 0 Å². The monoisotopic (exact) mass is 251 g/mol. The third-order valence-electron chi connectivity index (χ3n) is 2.12. The van der Waals surface area contributed by atoms with E-state index in [9.17, 15) is 4.79 Å². The van der Waals surface area contributed by atoms with E-state index in [-0.39, 0.29) is 12.5 Å². The molecule has 0 saturated carbocycles. The average molecular weight is 252 g/mol. The number of rotatable bonds is 3. The molecule has 2 rings (SSSR count). The van der Waals surface area contributed by atoms with Crippen LogP contribution in [-0.2, 0) is 6.54 Å². The molecule has 0 spiro atoms. The number of amides is 1. The van der Waals surface area contributed by atoms with Crippen molar-refractivity contribution in [2.45, 2.75) is 6.54 Å². The van der Waals surface area contributed by atoms with Crippen molar-refractivity contribution in [3.8, 4) is 0 Å². The van der Waals surface area contributed by atoms with Gasteiger partial charge in [0.1, 0.15) is 12.2 Å². The van der Waals surface area contributed by atoms with E-state index in [0.717, 1.165) is 0 Å². The zero-order valence-corrected chi connectivity index (χ0v) is 9.53. The number of benzene rings is 1. The van der Waals surface area contributed by atoms with Crippen molar-refractivity contribution >= 4 is 23.2 Å². The highest BCUT2D eigenvalue weighted by Crippen LogP contribution is 2.18. The first kappa shape index (κ1) is 11.4. The molecule has 1 heterocycles. The molecule has 0 unspecified atom stereocenters. The third kappa shape index (κ3) is 2.73. The average Bonchev–Trinajstić information content (AvgIpc) is 2.82. The maximum Gasteiger partial charge on any atom is 0.253 e. The highest BCUT2D eigenvalue weighted by Gasteiger charge is 2.10. The molecule has 0 fully saturated rings. The minimum absolute atomic E-state index is 0.254. The van der Waals surface area contributed by atoms with E-state index in [0.29, 0.717) is 22.1 Å². The van der Waals surface area contributed by atoms with E-state index in [1.54, 1.807) is 12.1 Å². The molecule has 1 aromatic heterocycles. The van der Waals surface area contributed by atoms with Gasteiger partial charge in [0.2, 0.25) is 0 Å². The van der Waals surface area contributed by atoms with Crippen LogP contribution in [0.3, 0.4) is 0 Å². The van der Waals surface area contributed by atoms with E-state index >= 15 is 0 Å². The van der Waals surface area contributed by atoms with Gasteiger partial charge in [-0.2, -0.15) is 5.10 Å². The van der Waals surface area contributed by atoms with Crippen LogP contribution in [0.2, 0.25) is 5.02 Å². The number of nitrogens with zero attached hydrogens (tertiary/aromatic N) is 2. The van der Waals surface area contributed by atoms with Crippen molar-refractivity contribution < 1.29 is 4.79 Å². The number of halogens is 1. The number of nitrogen functional groups attached to an aromatic ring is 1. The summed E-state index contributed by atoms with van der Waals surface area (Å²) in [6.45, 7) is 0.254. The van der Waals surface area contributed by atoms with Crippen LogP contribution in [0.4, 0.5) is 5.69 Å². The zero-order chi connectivity index (χ0) is 12.3. The largest absolute Gasteiger partial charge is 0.399 e.